The minimum Gasteiger partial charge on any atom is -0.351 e. The van der Waals surface area contributed by atoms with Gasteiger partial charge in [-0.15, -0.1) is 0 Å². The molecule has 2 aromatic rings. The van der Waals surface area contributed by atoms with Crippen LogP contribution < -0.4 is 16.4 Å². The van der Waals surface area contributed by atoms with Crippen LogP contribution in [0.3, 0.4) is 0 Å². The van der Waals surface area contributed by atoms with Gasteiger partial charge in [-0.25, -0.2) is 4.39 Å². The van der Waals surface area contributed by atoms with E-state index in [1.165, 1.54) is 12.1 Å². The highest BCUT2D eigenvalue weighted by atomic mass is 19.1. The number of halogens is 1. The van der Waals surface area contributed by atoms with Crippen molar-refractivity contribution in [1.82, 2.24) is 10.6 Å². The zero-order chi connectivity index (χ0) is 18.8. The van der Waals surface area contributed by atoms with Crippen LogP contribution in [-0.2, 0) is 11.2 Å². The maximum atomic E-state index is 13.1. The zero-order valence-electron chi connectivity index (χ0n) is 15.2. The van der Waals surface area contributed by atoms with Crippen molar-refractivity contribution in [3.05, 3.63) is 65.0 Å². The zero-order valence-corrected chi connectivity index (χ0v) is 15.2. The first-order valence-corrected chi connectivity index (χ1v) is 9.43. The maximum absolute atomic E-state index is 13.1. The molecule has 0 aromatic heterocycles. The summed E-state index contributed by atoms with van der Waals surface area (Å²) in [5.74, 6) is 0.259. The standard InChI is InChI=1S/C22H24FN3O/c23-20-5-3-15(4-6-20)16-1-2-17-9-19(10-18(17)8-16)22(27)26-13-21-7-14(11-24)12-25-21/h1-6,8-9,14,21,25H,7,10-13,24H2,(H,26,27)/t14-,21+/m1/s1. The molecule has 1 heterocycles. The second kappa shape index (κ2) is 7.62. The van der Waals surface area contributed by atoms with Crippen LogP contribution in [0, 0.1) is 11.7 Å². The van der Waals surface area contributed by atoms with Crippen LogP contribution >= 0.6 is 0 Å². The van der Waals surface area contributed by atoms with Crippen LogP contribution in [0.4, 0.5) is 4.39 Å². The van der Waals surface area contributed by atoms with E-state index in [0.717, 1.165) is 40.8 Å². The van der Waals surface area contributed by atoms with Crippen molar-refractivity contribution in [3.8, 4) is 11.1 Å². The SMILES string of the molecule is NC[C@@H]1CN[C@H](CNC(=O)C2=Cc3ccc(-c4ccc(F)cc4)cc3C2)C1. The Kier molecular flexibility index (Phi) is 5.05. The fourth-order valence-corrected chi connectivity index (χ4v) is 3.88. The lowest BCUT2D eigenvalue weighted by molar-refractivity contribution is -0.117. The summed E-state index contributed by atoms with van der Waals surface area (Å²) in [6, 6.07) is 12.9. The van der Waals surface area contributed by atoms with Crippen LogP contribution in [0.1, 0.15) is 17.5 Å². The number of hydrogen-bond donors (Lipinski definition) is 3. The van der Waals surface area contributed by atoms with Crippen LogP contribution in [0.2, 0.25) is 0 Å². The summed E-state index contributed by atoms with van der Waals surface area (Å²) in [6.07, 6.45) is 3.60. The summed E-state index contributed by atoms with van der Waals surface area (Å²) >= 11 is 0. The van der Waals surface area contributed by atoms with E-state index in [4.69, 9.17) is 5.73 Å². The lowest BCUT2D eigenvalue weighted by Gasteiger charge is -2.12. The normalized spacial score (nSPS) is 21.0. The second-order valence-electron chi connectivity index (χ2n) is 7.42. The number of nitrogens with two attached hydrogens (primary N) is 1. The second-order valence-corrected chi connectivity index (χ2v) is 7.42. The van der Waals surface area contributed by atoms with E-state index in [0.29, 0.717) is 31.5 Å². The Morgan fingerprint density at radius 1 is 1.19 bits per heavy atom. The number of amides is 1. The third-order valence-electron chi connectivity index (χ3n) is 5.48. The Hall–Kier alpha value is -2.50. The van der Waals surface area contributed by atoms with Gasteiger partial charge < -0.3 is 16.4 Å². The Balaban J connectivity index is 1.38. The van der Waals surface area contributed by atoms with Crippen molar-refractivity contribution in [2.45, 2.75) is 18.9 Å². The van der Waals surface area contributed by atoms with E-state index in [1.54, 1.807) is 12.1 Å². The Labute approximate surface area is 158 Å². The monoisotopic (exact) mass is 365 g/mol. The number of rotatable bonds is 5. The molecule has 140 valence electrons. The number of nitrogens with one attached hydrogen (secondary N) is 2. The van der Waals surface area contributed by atoms with Gasteiger partial charge >= 0.3 is 0 Å². The molecule has 0 spiro atoms. The van der Waals surface area contributed by atoms with Crippen LogP contribution in [-0.4, -0.2) is 31.6 Å². The van der Waals surface area contributed by atoms with Gasteiger partial charge in [0.25, 0.3) is 0 Å². The summed E-state index contributed by atoms with van der Waals surface area (Å²) in [5.41, 5.74) is 10.7. The first-order valence-electron chi connectivity index (χ1n) is 9.43. The number of fused-ring (bicyclic) bond motifs is 1. The minimum absolute atomic E-state index is 0.00692. The molecule has 1 aliphatic carbocycles. The highest BCUT2D eigenvalue weighted by Crippen LogP contribution is 2.30. The van der Waals surface area contributed by atoms with Crippen molar-refractivity contribution in [3.63, 3.8) is 0 Å². The van der Waals surface area contributed by atoms with E-state index in [9.17, 15) is 9.18 Å². The first-order chi connectivity index (χ1) is 13.1. The van der Waals surface area contributed by atoms with E-state index in [2.05, 4.69) is 16.7 Å². The van der Waals surface area contributed by atoms with Gasteiger partial charge in [0.05, 0.1) is 0 Å². The fourth-order valence-electron chi connectivity index (χ4n) is 3.88. The summed E-state index contributed by atoms with van der Waals surface area (Å²) in [7, 11) is 0. The summed E-state index contributed by atoms with van der Waals surface area (Å²) in [6.45, 7) is 2.25. The Morgan fingerprint density at radius 2 is 1.96 bits per heavy atom. The molecule has 0 unspecified atom stereocenters. The van der Waals surface area contributed by atoms with E-state index in [1.807, 2.05) is 18.2 Å². The van der Waals surface area contributed by atoms with Gasteiger partial charge in [-0.1, -0.05) is 30.3 Å². The molecule has 4 rings (SSSR count). The van der Waals surface area contributed by atoms with Gasteiger partial charge in [0.1, 0.15) is 5.82 Å². The Bertz CT molecular complexity index is 876. The fraction of sp³-hybridized carbons (Fsp3) is 0.318. The molecule has 2 atom stereocenters. The summed E-state index contributed by atoms with van der Waals surface area (Å²) in [5, 5.41) is 6.46. The van der Waals surface area contributed by atoms with Crippen molar-refractivity contribution in [1.29, 1.82) is 0 Å². The predicted molar refractivity (Wildman–Crippen MR) is 105 cm³/mol. The van der Waals surface area contributed by atoms with Gasteiger partial charge in [-0.2, -0.15) is 0 Å². The Morgan fingerprint density at radius 3 is 2.70 bits per heavy atom. The average molecular weight is 365 g/mol. The topological polar surface area (TPSA) is 67.2 Å². The molecule has 0 radical (unpaired) electrons. The molecule has 5 heteroatoms. The van der Waals surface area contributed by atoms with Gasteiger partial charge in [-0.05, 0) is 65.9 Å². The minimum atomic E-state index is -0.241. The number of hydrogen-bond acceptors (Lipinski definition) is 3. The van der Waals surface area contributed by atoms with Crippen molar-refractivity contribution in [2.24, 2.45) is 11.7 Å². The van der Waals surface area contributed by atoms with Gasteiger partial charge in [0.15, 0.2) is 0 Å². The molecule has 0 bridgehead atoms. The molecule has 2 aliphatic rings. The molecule has 1 amide bonds. The lowest BCUT2D eigenvalue weighted by atomic mass is 10.00. The lowest BCUT2D eigenvalue weighted by Crippen LogP contribution is -2.37. The van der Waals surface area contributed by atoms with E-state index >= 15 is 0 Å². The van der Waals surface area contributed by atoms with Crippen LogP contribution in [0.15, 0.2) is 48.0 Å². The molecular formula is C22H24FN3O. The highest BCUT2D eigenvalue weighted by molar-refractivity contribution is 6.00. The highest BCUT2D eigenvalue weighted by Gasteiger charge is 2.24. The third kappa shape index (κ3) is 3.94. The molecule has 27 heavy (non-hydrogen) atoms. The molecule has 4 N–H and O–H groups in total. The van der Waals surface area contributed by atoms with Gasteiger partial charge in [0, 0.05) is 24.6 Å². The van der Waals surface area contributed by atoms with Gasteiger partial charge in [-0.3, -0.25) is 4.79 Å². The molecule has 4 nitrogen and oxygen atoms in total. The molecule has 0 saturated carbocycles. The molecule has 1 fully saturated rings. The largest absolute Gasteiger partial charge is 0.351 e. The van der Waals surface area contributed by atoms with Crippen LogP contribution in [0.25, 0.3) is 17.2 Å². The third-order valence-corrected chi connectivity index (χ3v) is 5.48. The van der Waals surface area contributed by atoms with Crippen molar-refractivity contribution in [2.75, 3.05) is 19.6 Å². The number of benzene rings is 2. The smallest absolute Gasteiger partial charge is 0.247 e. The molecule has 1 aliphatic heterocycles. The average Bonchev–Trinajstić information content (AvgIpc) is 3.32. The predicted octanol–water partition coefficient (Wildman–Crippen LogP) is 2.49. The summed E-state index contributed by atoms with van der Waals surface area (Å²) < 4.78 is 13.1. The van der Waals surface area contributed by atoms with Gasteiger partial charge in [0.2, 0.25) is 5.91 Å². The van der Waals surface area contributed by atoms with E-state index in [-0.39, 0.29) is 11.7 Å². The maximum Gasteiger partial charge on any atom is 0.247 e. The molecule has 1 saturated heterocycles. The van der Waals surface area contributed by atoms with Crippen molar-refractivity contribution < 1.29 is 9.18 Å². The molecule has 2 aromatic carbocycles. The quantitative estimate of drug-likeness (QED) is 0.763. The van der Waals surface area contributed by atoms with Crippen molar-refractivity contribution >= 4 is 12.0 Å². The van der Waals surface area contributed by atoms with Crippen LogP contribution in [0.5, 0.6) is 0 Å². The number of carbonyl (C=O) groups is 1. The first kappa shape index (κ1) is 17.9. The number of carbonyl (C=O) groups excluding carboxylic acids is 1. The molecular weight excluding hydrogens is 341 g/mol. The summed E-state index contributed by atoms with van der Waals surface area (Å²) in [4.78, 5) is 12.5. The van der Waals surface area contributed by atoms with E-state index < -0.39 is 0 Å².